The number of ketones is 1. The Morgan fingerprint density at radius 3 is 2.37 bits per heavy atom. The molecule has 96 valence electrons. The van der Waals surface area contributed by atoms with Crippen LogP contribution in [0.25, 0.3) is 11.1 Å². The molecule has 2 aromatic carbocycles. The van der Waals surface area contributed by atoms with Gasteiger partial charge in [-0.05, 0) is 31.0 Å². The molecular formula is C16H14FNO. The van der Waals surface area contributed by atoms with Gasteiger partial charge in [0.1, 0.15) is 5.82 Å². The summed E-state index contributed by atoms with van der Waals surface area (Å²) in [4.78, 5) is 12.4. The molecule has 0 saturated heterocycles. The molecule has 3 heteroatoms. The van der Waals surface area contributed by atoms with Crippen LogP contribution < -0.4 is 5.32 Å². The van der Waals surface area contributed by atoms with Crippen LogP contribution in [-0.4, -0.2) is 11.8 Å². The molecule has 0 saturated carbocycles. The zero-order valence-electron chi connectivity index (χ0n) is 10.8. The zero-order chi connectivity index (χ0) is 13.6. The van der Waals surface area contributed by atoms with Gasteiger partial charge in [-0.15, -0.1) is 0 Å². The Morgan fingerprint density at radius 1 is 1.00 bits per heavy atom. The van der Waals surface area contributed by atoms with E-state index in [4.69, 9.17) is 0 Å². The summed E-state index contributed by atoms with van der Waals surface area (Å²) in [6.07, 6.45) is 0. The predicted molar refractivity (Wildman–Crippen MR) is 74.0 cm³/mol. The minimum Gasteiger partial charge on any atom is -0.380 e. The van der Waals surface area contributed by atoms with Crippen LogP contribution in [0.2, 0.25) is 0 Å². The van der Waals surface area contributed by atoms with E-state index in [1.54, 1.807) is 12.1 Å². The molecule has 0 heterocycles. The van der Waals surface area contributed by atoms with Crippen LogP contribution in [0.1, 0.15) is 29.8 Å². The fraction of sp³-hybridized carbons (Fsp3) is 0.188. The minimum atomic E-state index is -0.381. The molecule has 0 bridgehead atoms. The molecule has 0 aliphatic heterocycles. The molecule has 19 heavy (non-hydrogen) atoms. The van der Waals surface area contributed by atoms with Gasteiger partial charge >= 0.3 is 0 Å². The van der Waals surface area contributed by atoms with E-state index in [0.717, 1.165) is 11.1 Å². The lowest BCUT2D eigenvalue weighted by Crippen LogP contribution is -2.14. The summed E-state index contributed by atoms with van der Waals surface area (Å²) in [5.41, 5.74) is 3.11. The van der Waals surface area contributed by atoms with Crippen molar-refractivity contribution in [3.8, 4) is 11.1 Å². The summed E-state index contributed by atoms with van der Waals surface area (Å²) < 4.78 is 14.0. The number of nitrogens with one attached hydrogen (secondary N) is 1. The molecule has 3 rings (SSSR count). The lowest BCUT2D eigenvalue weighted by Gasteiger charge is -2.14. The topological polar surface area (TPSA) is 29.1 Å². The minimum absolute atomic E-state index is 0.0671. The summed E-state index contributed by atoms with van der Waals surface area (Å²) in [6, 6.07) is 10.6. The van der Waals surface area contributed by atoms with E-state index >= 15 is 0 Å². The molecule has 0 amide bonds. The zero-order valence-corrected chi connectivity index (χ0v) is 10.8. The molecule has 0 atom stereocenters. The number of hydrogen-bond donors (Lipinski definition) is 1. The Labute approximate surface area is 111 Å². The van der Waals surface area contributed by atoms with Gasteiger partial charge < -0.3 is 5.32 Å². The fourth-order valence-electron chi connectivity index (χ4n) is 2.52. The Hall–Kier alpha value is -2.16. The Balaban J connectivity index is 2.26. The Morgan fingerprint density at radius 2 is 1.68 bits per heavy atom. The van der Waals surface area contributed by atoms with Crippen molar-refractivity contribution in [3.05, 3.63) is 53.3 Å². The number of halogens is 1. The Bertz CT molecular complexity index is 676. The second-order valence-electron chi connectivity index (χ2n) is 5.02. The normalized spacial score (nSPS) is 12.5. The predicted octanol–water partition coefficient (Wildman–Crippen LogP) is 3.86. The van der Waals surface area contributed by atoms with Gasteiger partial charge in [0, 0.05) is 11.6 Å². The molecule has 1 aliphatic rings. The van der Waals surface area contributed by atoms with Gasteiger partial charge in [-0.1, -0.05) is 30.3 Å². The van der Waals surface area contributed by atoms with Crippen LogP contribution in [0.3, 0.4) is 0 Å². The molecule has 0 radical (unpaired) electrons. The van der Waals surface area contributed by atoms with E-state index in [9.17, 15) is 9.18 Å². The van der Waals surface area contributed by atoms with Crippen molar-refractivity contribution in [2.75, 3.05) is 5.32 Å². The number of carbonyl (C=O) groups excluding carboxylic acids is 1. The molecule has 1 aliphatic carbocycles. The molecule has 2 nitrogen and oxygen atoms in total. The largest absolute Gasteiger partial charge is 0.380 e. The van der Waals surface area contributed by atoms with Crippen molar-refractivity contribution in [1.29, 1.82) is 0 Å². The first-order valence-corrected chi connectivity index (χ1v) is 6.32. The summed E-state index contributed by atoms with van der Waals surface area (Å²) in [5.74, 6) is -0.484. The van der Waals surface area contributed by atoms with Crippen molar-refractivity contribution in [2.24, 2.45) is 0 Å². The van der Waals surface area contributed by atoms with E-state index in [2.05, 4.69) is 5.32 Å². The van der Waals surface area contributed by atoms with Crippen LogP contribution >= 0.6 is 0 Å². The van der Waals surface area contributed by atoms with Crippen molar-refractivity contribution in [2.45, 2.75) is 19.9 Å². The summed E-state index contributed by atoms with van der Waals surface area (Å²) in [6.45, 7) is 3.84. The number of hydrogen-bond acceptors (Lipinski definition) is 2. The van der Waals surface area contributed by atoms with Gasteiger partial charge in [-0.25, -0.2) is 4.39 Å². The smallest absolute Gasteiger partial charge is 0.196 e. The van der Waals surface area contributed by atoms with Gasteiger partial charge in [-0.2, -0.15) is 0 Å². The van der Waals surface area contributed by atoms with E-state index in [0.29, 0.717) is 16.8 Å². The third-order valence-electron chi connectivity index (χ3n) is 3.28. The third kappa shape index (κ3) is 1.73. The van der Waals surface area contributed by atoms with Gasteiger partial charge in [0.2, 0.25) is 0 Å². The van der Waals surface area contributed by atoms with Crippen LogP contribution in [0.4, 0.5) is 10.1 Å². The molecule has 1 N–H and O–H groups in total. The number of fused-ring (bicyclic) bond motifs is 3. The van der Waals surface area contributed by atoms with Crippen LogP contribution in [0.5, 0.6) is 0 Å². The molecule has 0 fully saturated rings. The van der Waals surface area contributed by atoms with Crippen molar-refractivity contribution >= 4 is 11.5 Å². The standard InChI is InChI=1S/C16H14FNO/c1-9(2)18-15-13(17)8-7-11-10-5-3-4-6-12(10)16(19)14(11)15/h3-9,18H,1-2H3. The van der Waals surface area contributed by atoms with Crippen molar-refractivity contribution < 1.29 is 9.18 Å². The van der Waals surface area contributed by atoms with Gasteiger partial charge in [0.15, 0.2) is 5.78 Å². The average molecular weight is 255 g/mol. The monoisotopic (exact) mass is 255 g/mol. The van der Waals surface area contributed by atoms with Gasteiger partial charge in [0.05, 0.1) is 11.3 Å². The second-order valence-corrected chi connectivity index (χ2v) is 5.02. The SMILES string of the molecule is CC(C)Nc1c(F)ccc2c1C(=O)c1ccccc1-2. The van der Waals surface area contributed by atoms with Crippen LogP contribution in [0, 0.1) is 5.82 Å². The Kier molecular flexibility index (Phi) is 2.63. The van der Waals surface area contributed by atoms with Crippen molar-refractivity contribution in [3.63, 3.8) is 0 Å². The molecule has 0 aromatic heterocycles. The highest BCUT2D eigenvalue weighted by Crippen LogP contribution is 2.41. The van der Waals surface area contributed by atoms with Crippen LogP contribution in [-0.2, 0) is 0 Å². The maximum absolute atomic E-state index is 14.0. The molecule has 2 aromatic rings. The molecular weight excluding hydrogens is 241 g/mol. The summed E-state index contributed by atoms with van der Waals surface area (Å²) >= 11 is 0. The van der Waals surface area contributed by atoms with E-state index in [1.165, 1.54) is 6.07 Å². The highest BCUT2D eigenvalue weighted by atomic mass is 19.1. The average Bonchev–Trinajstić information content (AvgIpc) is 2.67. The maximum Gasteiger partial charge on any atom is 0.196 e. The fourth-order valence-corrected chi connectivity index (χ4v) is 2.52. The first kappa shape index (κ1) is 11.9. The van der Waals surface area contributed by atoms with Gasteiger partial charge in [-0.3, -0.25) is 4.79 Å². The molecule has 0 unspecified atom stereocenters. The summed E-state index contributed by atoms with van der Waals surface area (Å²) in [5, 5.41) is 3.04. The summed E-state index contributed by atoms with van der Waals surface area (Å²) in [7, 11) is 0. The lowest BCUT2D eigenvalue weighted by molar-refractivity contribution is 0.104. The number of rotatable bonds is 2. The maximum atomic E-state index is 14.0. The highest BCUT2D eigenvalue weighted by Gasteiger charge is 2.30. The van der Waals surface area contributed by atoms with Crippen LogP contribution in [0.15, 0.2) is 36.4 Å². The van der Waals surface area contributed by atoms with Gasteiger partial charge in [0.25, 0.3) is 0 Å². The van der Waals surface area contributed by atoms with E-state index in [1.807, 2.05) is 32.0 Å². The lowest BCUT2D eigenvalue weighted by atomic mass is 10.0. The molecule has 0 spiro atoms. The number of anilines is 1. The van der Waals surface area contributed by atoms with Crippen molar-refractivity contribution in [1.82, 2.24) is 0 Å². The number of carbonyl (C=O) groups is 1. The second kappa shape index (κ2) is 4.19. The first-order valence-electron chi connectivity index (χ1n) is 6.32. The van der Waals surface area contributed by atoms with E-state index in [-0.39, 0.29) is 17.6 Å². The first-order chi connectivity index (χ1) is 9.09. The highest BCUT2D eigenvalue weighted by molar-refractivity contribution is 6.24. The quantitative estimate of drug-likeness (QED) is 0.753. The van der Waals surface area contributed by atoms with E-state index < -0.39 is 0 Å². The number of benzene rings is 2. The third-order valence-corrected chi connectivity index (χ3v) is 3.28.